The van der Waals surface area contributed by atoms with Gasteiger partial charge in [-0.15, -0.1) is 0 Å². The molecule has 1 rings (SSSR count). The molecular weight excluding hydrogens is 314 g/mol. The van der Waals surface area contributed by atoms with Crippen molar-refractivity contribution in [3.05, 3.63) is 17.5 Å². The lowest BCUT2D eigenvalue weighted by Crippen LogP contribution is -2.27. The molecule has 9 heteroatoms. The van der Waals surface area contributed by atoms with E-state index in [1.54, 1.807) is 6.92 Å². The van der Waals surface area contributed by atoms with Crippen LogP contribution in [0, 0.1) is 0 Å². The molecule has 22 heavy (non-hydrogen) atoms. The van der Waals surface area contributed by atoms with Crippen molar-refractivity contribution < 1.29 is 23.8 Å². The molecule has 0 unspecified atom stereocenters. The van der Waals surface area contributed by atoms with Gasteiger partial charge in [-0.2, -0.15) is 4.98 Å². The van der Waals surface area contributed by atoms with Crippen LogP contribution in [0.2, 0.25) is 5.15 Å². The molecule has 0 aliphatic carbocycles. The molecule has 122 valence electrons. The Morgan fingerprint density at radius 1 is 1.27 bits per heavy atom. The fourth-order valence-corrected chi connectivity index (χ4v) is 1.48. The highest BCUT2D eigenvalue weighted by molar-refractivity contribution is 6.29. The van der Waals surface area contributed by atoms with Crippen LogP contribution in [0.5, 0.6) is 5.88 Å². The van der Waals surface area contributed by atoms with Gasteiger partial charge in [0.1, 0.15) is 0 Å². The summed E-state index contributed by atoms with van der Waals surface area (Å²) in [6.07, 6.45) is 2.88. The molecule has 1 N–H and O–H groups in total. The van der Waals surface area contributed by atoms with Crippen LogP contribution in [-0.2, 0) is 14.3 Å². The van der Waals surface area contributed by atoms with E-state index in [4.69, 9.17) is 21.1 Å². The number of amides is 1. The number of nitrogens with one attached hydrogen (secondary N) is 1. The van der Waals surface area contributed by atoms with Crippen LogP contribution in [0.4, 0.5) is 4.79 Å². The second-order valence-electron chi connectivity index (χ2n) is 4.00. The van der Waals surface area contributed by atoms with Crippen molar-refractivity contribution in [2.45, 2.75) is 19.8 Å². The van der Waals surface area contributed by atoms with Crippen LogP contribution >= 0.6 is 11.6 Å². The van der Waals surface area contributed by atoms with Gasteiger partial charge in [-0.3, -0.25) is 9.78 Å². The van der Waals surface area contributed by atoms with E-state index in [-0.39, 0.29) is 31.3 Å². The number of hydrogen-bond donors (Lipinski definition) is 1. The molecule has 0 bridgehead atoms. The first-order valence-electron chi connectivity index (χ1n) is 6.78. The topological polar surface area (TPSA) is 99.6 Å². The average molecular weight is 332 g/mol. The Morgan fingerprint density at radius 3 is 2.82 bits per heavy atom. The molecule has 0 saturated carbocycles. The minimum atomic E-state index is -0.550. The minimum Gasteiger partial charge on any atom is -0.476 e. The summed E-state index contributed by atoms with van der Waals surface area (Å²) in [5, 5.41) is 2.68. The maximum absolute atomic E-state index is 11.4. The zero-order valence-corrected chi connectivity index (χ0v) is 13.0. The van der Waals surface area contributed by atoms with Crippen LogP contribution < -0.4 is 10.1 Å². The highest BCUT2D eigenvalue weighted by atomic mass is 35.5. The zero-order valence-electron chi connectivity index (χ0n) is 12.2. The normalized spacial score (nSPS) is 9.91. The number of rotatable bonds is 9. The van der Waals surface area contributed by atoms with E-state index in [2.05, 4.69) is 20.0 Å². The van der Waals surface area contributed by atoms with Crippen molar-refractivity contribution in [3.8, 4) is 5.88 Å². The van der Waals surface area contributed by atoms with Gasteiger partial charge in [-0.1, -0.05) is 11.6 Å². The van der Waals surface area contributed by atoms with Crippen molar-refractivity contribution >= 4 is 23.7 Å². The summed E-state index contributed by atoms with van der Waals surface area (Å²) in [7, 11) is 0. The highest BCUT2D eigenvalue weighted by Crippen LogP contribution is 2.08. The Balaban J connectivity index is 2.02. The van der Waals surface area contributed by atoms with E-state index < -0.39 is 12.1 Å². The van der Waals surface area contributed by atoms with Gasteiger partial charge in [0.2, 0.25) is 5.88 Å². The van der Waals surface area contributed by atoms with Crippen molar-refractivity contribution in [2.75, 3.05) is 26.4 Å². The number of nitrogens with zero attached hydrogens (tertiary/aromatic N) is 2. The van der Waals surface area contributed by atoms with E-state index >= 15 is 0 Å². The molecule has 0 aromatic carbocycles. The monoisotopic (exact) mass is 331 g/mol. The summed E-state index contributed by atoms with van der Waals surface area (Å²) in [6.45, 7) is 2.69. The van der Waals surface area contributed by atoms with E-state index in [1.807, 2.05) is 0 Å². The quantitative estimate of drug-likeness (QED) is 0.541. The molecule has 0 aliphatic heterocycles. The first-order valence-corrected chi connectivity index (χ1v) is 7.16. The molecule has 8 nitrogen and oxygen atoms in total. The lowest BCUT2D eigenvalue weighted by molar-refractivity contribution is -0.143. The summed E-state index contributed by atoms with van der Waals surface area (Å²) >= 11 is 5.66. The smallest absolute Gasteiger partial charge is 0.407 e. The third-order valence-corrected chi connectivity index (χ3v) is 2.44. The molecule has 1 aromatic heterocycles. The van der Waals surface area contributed by atoms with Gasteiger partial charge in [0, 0.05) is 13.0 Å². The number of esters is 1. The van der Waals surface area contributed by atoms with E-state index in [9.17, 15) is 9.59 Å². The van der Waals surface area contributed by atoms with E-state index in [0.717, 1.165) is 0 Å². The third-order valence-electron chi connectivity index (χ3n) is 2.26. The standard InChI is InChI=1S/C13H18ClN3O5/c1-2-20-13(19)16-5-4-12(18)22-7-3-6-21-11-9-15-8-10(14)17-11/h8-9H,2-7H2,1H3,(H,16,19). The van der Waals surface area contributed by atoms with Gasteiger partial charge >= 0.3 is 12.1 Å². The minimum absolute atomic E-state index is 0.0828. The van der Waals surface area contributed by atoms with Crippen LogP contribution in [0.3, 0.4) is 0 Å². The first kappa shape index (κ1) is 18.0. The molecule has 0 aliphatic rings. The van der Waals surface area contributed by atoms with Crippen LogP contribution in [-0.4, -0.2) is 48.4 Å². The molecule has 1 aromatic rings. The number of ether oxygens (including phenoxy) is 3. The molecule has 0 saturated heterocycles. The van der Waals surface area contributed by atoms with Crippen molar-refractivity contribution in [2.24, 2.45) is 0 Å². The summed E-state index contributed by atoms with van der Waals surface area (Å²) in [5.74, 6) is -0.0863. The first-order chi connectivity index (χ1) is 10.6. The second kappa shape index (κ2) is 10.6. The van der Waals surface area contributed by atoms with Crippen molar-refractivity contribution in [3.63, 3.8) is 0 Å². The van der Waals surface area contributed by atoms with Crippen LogP contribution in [0.25, 0.3) is 0 Å². The average Bonchev–Trinajstić information content (AvgIpc) is 2.47. The fraction of sp³-hybridized carbons (Fsp3) is 0.538. The Kier molecular flexibility index (Phi) is 8.66. The SMILES string of the molecule is CCOC(=O)NCCC(=O)OCCCOc1cncc(Cl)n1. The Hall–Kier alpha value is -2.09. The van der Waals surface area contributed by atoms with Crippen molar-refractivity contribution in [1.82, 2.24) is 15.3 Å². The lowest BCUT2D eigenvalue weighted by atomic mass is 10.4. The molecule has 0 fully saturated rings. The Morgan fingerprint density at radius 2 is 2.09 bits per heavy atom. The van der Waals surface area contributed by atoms with Crippen LogP contribution in [0.1, 0.15) is 19.8 Å². The maximum Gasteiger partial charge on any atom is 0.407 e. The second-order valence-corrected chi connectivity index (χ2v) is 4.39. The number of carbonyl (C=O) groups excluding carboxylic acids is 2. The molecule has 0 spiro atoms. The summed E-state index contributed by atoms with van der Waals surface area (Å²) in [5.41, 5.74) is 0. The van der Waals surface area contributed by atoms with Gasteiger partial charge in [-0.05, 0) is 6.92 Å². The highest BCUT2D eigenvalue weighted by Gasteiger charge is 2.05. The van der Waals surface area contributed by atoms with E-state index in [1.165, 1.54) is 12.4 Å². The predicted molar refractivity (Wildman–Crippen MR) is 77.8 cm³/mol. The fourth-order valence-electron chi connectivity index (χ4n) is 1.34. The van der Waals surface area contributed by atoms with E-state index in [0.29, 0.717) is 18.9 Å². The number of carbonyl (C=O) groups is 2. The maximum atomic E-state index is 11.4. The number of aromatic nitrogens is 2. The summed E-state index contributed by atoms with van der Waals surface area (Å²) in [6, 6.07) is 0. The number of alkyl carbamates (subject to hydrolysis) is 1. The van der Waals surface area contributed by atoms with Crippen LogP contribution in [0.15, 0.2) is 12.4 Å². The summed E-state index contributed by atoms with van der Waals surface area (Å²) < 4.78 is 14.9. The largest absolute Gasteiger partial charge is 0.476 e. The van der Waals surface area contributed by atoms with Gasteiger partial charge in [0.05, 0.1) is 38.6 Å². The van der Waals surface area contributed by atoms with Gasteiger partial charge in [0.25, 0.3) is 0 Å². The number of hydrogen-bond acceptors (Lipinski definition) is 7. The van der Waals surface area contributed by atoms with Gasteiger partial charge in [0.15, 0.2) is 5.15 Å². The Labute approximate surface area is 133 Å². The third kappa shape index (κ3) is 8.25. The molecule has 1 heterocycles. The molecule has 0 atom stereocenters. The van der Waals surface area contributed by atoms with Gasteiger partial charge < -0.3 is 19.5 Å². The van der Waals surface area contributed by atoms with Crippen molar-refractivity contribution in [1.29, 1.82) is 0 Å². The predicted octanol–water partition coefficient (Wildman–Crippen LogP) is 1.58. The summed E-state index contributed by atoms with van der Waals surface area (Å²) in [4.78, 5) is 30.0. The molecule has 0 radical (unpaired) electrons. The van der Waals surface area contributed by atoms with Gasteiger partial charge in [-0.25, -0.2) is 4.79 Å². The number of halogens is 1. The Bertz CT molecular complexity index is 486. The molecular formula is C13H18ClN3O5. The molecule has 1 amide bonds. The lowest BCUT2D eigenvalue weighted by Gasteiger charge is -2.07. The zero-order chi connectivity index (χ0) is 16.2.